The van der Waals surface area contributed by atoms with Gasteiger partial charge in [-0.3, -0.25) is 4.79 Å². The number of carboxylic acids is 1. The summed E-state index contributed by atoms with van der Waals surface area (Å²) in [6, 6.07) is 3.78. The highest BCUT2D eigenvalue weighted by molar-refractivity contribution is 5.74. The van der Waals surface area contributed by atoms with Gasteiger partial charge in [0.15, 0.2) is 5.65 Å². The highest BCUT2D eigenvalue weighted by Crippen LogP contribution is 2.12. The van der Waals surface area contributed by atoms with Gasteiger partial charge in [-0.25, -0.2) is 9.67 Å². The van der Waals surface area contributed by atoms with E-state index in [9.17, 15) is 4.79 Å². The Balaban J connectivity index is 2.30. The summed E-state index contributed by atoms with van der Waals surface area (Å²) in [5, 5.41) is 13.8. The number of aliphatic carboxylic acids is 1. The maximum absolute atomic E-state index is 10.5. The van der Waals surface area contributed by atoms with E-state index in [0.29, 0.717) is 6.42 Å². The Hall–Kier alpha value is -1.91. The SMILES string of the molecule is CCn1ncc2ccc(CCC(=O)O)nc21. The van der Waals surface area contributed by atoms with Crippen molar-refractivity contribution in [2.24, 2.45) is 0 Å². The molecule has 0 aliphatic carbocycles. The van der Waals surface area contributed by atoms with Gasteiger partial charge in [0.2, 0.25) is 0 Å². The van der Waals surface area contributed by atoms with Gasteiger partial charge in [0.05, 0.1) is 12.6 Å². The van der Waals surface area contributed by atoms with Crippen LogP contribution in [-0.4, -0.2) is 25.8 Å². The van der Waals surface area contributed by atoms with Crippen molar-refractivity contribution in [1.29, 1.82) is 0 Å². The zero-order chi connectivity index (χ0) is 11.5. The quantitative estimate of drug-likeness (QED) is 0.845. The topological polar surface area (TPSA) is 68.0 Å². The first-order valence-corrected chi connectivity index (χ1v) is 5.24. The smallest absolute Gasteiger partial charge is 0.303 e. The summed E-state index contributed by atoms with van der Waals surface area (Å²) < 4.78 is 1.81. The van der Waals surface area contributed by atoms with Gasteiger partial charge in [-0.1, -0.05) is 0 Å². The van der Waals surface area contributed by atoms with E-state index in [4.69, 9.17) is 5.11 Å². The van der Waals surface area contributed by atoms with Gasteiger partial charge in [0.25, 0.3) is 0 Å². The minimum absolute atomic E-state index is 0.110. The third-order valence-corrected chi connectivity index (χ3v) is 2.44. The Morgan fingerprint density at radius 1 is 1.50 bits per heavy atom. The molecule has 0 spiro atoms. The maximum atomic E-state index is 10.5. The molecule has 5 nitrogen and oxygen atoms in total. The Labute approximate surface area is 92.7 Å². The fourth-order valence-electron chi connectivity index (χ4n) is 1.60. The maximum Gasteiger partial charge on any atom is 0.303 e. The molecule has 2 aromatic heterocycles. The van der Waals surface area contributed by atoms with Crippen LogP contribution in [0.4, 0.5) is 0 Å². The fraction of sp³-hybridized carbons (Fsp3) is 0.364. The number of aryl methyl sites for hydroxylation is 2. The monoisotopic (exact) mass is 219 g/mol. The van der Waals surface area contributed by atoms with Gasteiger partial charge in [-0.2, -0.15) is 5.10 Å². The Bertz CT molecular complexity index is 519. The standard InChI is InChI=1S/C11H13N3O2/c1-2-14-11-8(7-12-14)3-4-9(13-11)5-6-10(15)16/h3-4,7H,2,5-6H2,1H3,(H,15,16). The van der Waals surface area contributed by atoms with E-state index in [1.54, 1.807) is 10.9 Å². The number of nitrogens with zero attached hydrogens (tertiary/aromatic N) is 3. The third kappa shape index (κ3) is 2.03. The van der Waals surface area contributed by atoms with Crippen molar-refractivity contribution in [3.8, 4) is 0 Å². The number of rotatable bonds is 4. The Morgan fingerprint density at radius 3 is 3.00 bits per heavy atom. The first-order chi connectivity index (χ1) is 7.70. The number of hydrogen-bond acceptors (Lipinski definition) is 3. The van der Waals surface area contributed by atoms with E-state index in [2.05, 4.69) is 10.1 Å². The van der Waals surface area contributed by atoms with Gasteiger partial charge in [-0.05, 0) is 19.1 Å². The van der Waals surface area contributed by atoms with Crippen LogP contribution in [0.25, 0.3) is 11.0 Å². The number of aromatic nitrogens is 3. The summed E-state index contributed by atoms with van der Waals surface area (Å²) in [5.74, 6) is -0.800. The van der Waals surface area contributed by atoms with Crippen molar-refractivity contribution in [2.75, 3.05) is 0 Å². The fourth-order valence-corrected chi connectivity index (χ4v) is 1.60. The van der Waals surface area contributed by atoms with Crippen LogP contribution in [0.15, 0.2) is 18.3 Å². The predicted octanol–water partition coefficient (Wildman–Crippen LogP) is 1.47. The lowest BCUT2D eigenvalue weighted by Crippen LogP contribution is -2.02. The third-order valence-electron chi connectivity index (χ3n) is 2.44. The average molecular weight is 219 g/mol. The van der Waals surface area contributed by atoms with Gasteiger partial charge < -0.3 is 5.11 Å². The molecule has 0 radical (unpaired) electrons. The van der Waals surface area contributed by atoms with Crippen LogP contribution in [-0.2, 0) is 17.8 Å². The van der Waals surface area contributed by atoms with E-state index in [1.807, 2.05) is 19.1 Å². The minimum Gasteiger partial charge on any atom is -0.481 e. The predicted molar refractivity (Wildman–Crippen MR) is 59.2 cm³/mol. The average Bonchev–Trinajstić information content (AvgIpc) is 2.68. The highest BCUT2D eigenvalue weighted by Gasteiger charge is 2.05. The molecule has 84 valence electrons. The number of carbonyl (C=O) groups is 1. The first-order valence-electron chi connectivity index (χ1n) is 5.24. The molecule has 0 unspecified atom stereocenters. The lowest BCUT2D eigenvalue weighted by Gasteiger charge is -2.01. The molecule has 16 heavy (non-hydrogen) atoms. The second-order valence-corrected chi connectivity index (χ2v) is 3.57. The van der Waals surface area contributed by atoms with Crippen molar-refractivity contribution >= 4 is 17.0 Å². The largest absolute Gasteiger partial charge is 0.481 e. The van der Waals surface area contributed by atoms with Gasteiger partial charge in [-0.15, -0.1) is 0 Å². The molecule has 0 bridgehead atoms. The summed E-state index contributed by atoms with van der Waals surface area (Å²) >= 11 is 0. The van der Waals surface area contributed by atoms with Crippen molar-refractivity contribution in [3.63, 3.8) is 0 Å². The molecule has 0 aromatic carbocycles. The summed E-state index contributed by atoms with van der Waals surface area (Å²) in [6.07, 6.45) is 2.34. The lowest BCUT2D eigenvalue weighted by atomic mass is 10.2. The number of fused-ring (bicyclic) bond motifs is 1. The van der Waals surface area contributed by atoms with E-state index >= 15 is 0 Å². The molecule has 2 rings (SSSR count). The molecule has 0 atom stereocenters. The summed E-state index contributed by atoms with van der Waals surface area (Å²) in [7, 11) is 0. The summed E-state index contributed by atoms with van der Waals surface area (Å²) in [5.41, 5.74) is 1.62. The van der Waals surface area contributed by atoms with Crippen LogP contribution < -0.4 is 0 Å². The lowest BCUT2D eigenvalue weighted by molar-refractivity contribution is -0.136. The second kappa shape index (κ2) is 4.30. The molecule has 5 heteroatoms. The van der Waals surface area contributed by atoms with E-state index in [1.165, 1.54) is 0 Å². The molecule has 2 heterocycles. The Kier molecular flexibility index (Phi) is 2.85. The molecule has 0 saturated carbocycles. The van der Waals surface area contributed by atoms with Gasteiger partial charge in [0.1, 0.15) is 0 Å². The number of carboxylic acid groups (broad SMARTS) is 1. The molecule has 1 N–H and O–H groups in total. The summed E-state index contributed by atoms with van der Waals surface area (Å²) in [4.78, 5) is 14.9. The minimum atomic E-state index is -0.800. The second-order valence-electron chi connectivity index (χ2n) is 3.57. The summed E-state index contributed by atoms with van der Waals surface area (Å²) in [6.45, 7) is 2.76. The molecule has 0 amide bonds. The molecule has 0 saturated heterocycles. The van der Waals surface area contributed by atoms with E-state index < -0.39 is 5.97 Å². The van der Waals surface area contributed by atoms with Crippen LogP contribution >= 0.6 is 0 Å². The first kappa shape index (κ1) is 10.6. The molecular formula is C11H13N3O2. The molecule has 0 aliphatic rings. The van der Waals surface area contributed by atoms with Crippen LogP contribution in [0.1, 0.15) is 19.0 Å². The van der Waals surface area contributed by atoms with Crippen LogP contribution in [0, 0.1) is 0 Å². The van der Waals surface area contributed by atoms with Gasteiger partial charge >= 0.3 is 5.97 Å². The number of pyridine rings is 1. The highest BCUT2D eigenvalue weighted by atomic mass is 16.4. The van der Waals surface area contributed by atoms with Crippen LogP contribution in [0.2, 0.25) is 0 Å². The van der Waals surface area contributed by atoms with Crippen LogP contribution in [0.3, 0.4) is 0 Å². The molecular weight excluding hydrogens is 206 g/mol. The van der Waals surface area contributed by atoms with Crippen LogP contribution in [0.5, 0.6) is 0 Å². The Morgan fingerprint density at radius 2 is 2.31 bits per heavy atom. The van der Waals surface area contributed by atoms with Crippen molar-refractivity contribution in [2.45, 2.75) is 26.3 Å². The van der Waals surface area contributed by atoms with Crippen molar-refractivity contribution in [3.05, 3.63) is 24.0 Å². The zero-order valence-electron chi connectivity index (χ0n) is 9.05. The molecule has 2 aromatic rings. The number of hydrogen-bond donors (Lipinski definition) is 1. The molecule has 0 fully saturated rings. The van der Waals surface area contributed by atoms with Crippen molar-refractivity contribution < 1.29 is 9.90 Å². The van der Waals surface area contributed by atoms with Gasteiger partial charge in [0, 0.05) is 24.0 Å². The molecule has 0 aliphatic heterocycles. The van der Waals surface area contributed by atoms with E-state index in [-0.39, 0.29) is 6.42 Å². The zero-order valence-corrected chi connectivity index (χ0v) is 9.05. The van der Waals surface area contributed by atoms with Crippen molar-refractivity contribution in [1.82, 2.24) is 14.8 Å². The van der Waals surface area contributed by atoms with E-state index in [0.717, 1.165) is 23.3 Å². The normalized spacial score (nSPS) is 10.8.